The van der Waals surface area contributed by atoms with Gasteiger partial charge in [0.15, 0.2) is 0 Å². The third-order valence-electron chi connectivity index (χ3n) is 2.75. The van der Waals surface area contributed by atoms with Gasteiger partial charge in [-0.3, -0.25) is 4.79 Å². The lowest BCUT2D eigenvalue weighted by Crippen LogP contribution is -2.20. The van der Waals surface area contributed by atoms with Gasteiger partial charge in [0.05, 0.1) is 18.6 Å². The van der Waals surface area contributed by atoms with Crippen LogP contribution >= 0.6 is 15.9 Å². The molecule has 0 saturated carbocycles. The summed E-state index contributed by atoms with van der Waals surface area (Å²) in [5.74, 6) is -0.320. The topological polar surface area (TPSA) is 72.5 Å². The summed E-state index contributed by atoms with van der Waals surface area (Å²) in [6, 6.07) is 5.05. The Hall–Kier alpha value is -0.910. The molecule has 0 aliphatic carbocycles. The van der Waals surface area contributed by atoms with E-state index in [1.165, 1.54) is 0 Å². The molecule has 0 bridgehead atoms. The van der Waals surface area contributed by atoms with Gasteiger partial charge in [0, 0.05) is 10.5 Å². The van der Waals surface area contributed by atoms with Crippen LogP contribution in [0.3, 0.4) is 0 Å². The van der Waals surface area contributed by atoms with Crippen molar-refractivity contribution in [2.24, 2.45) is 5.73 Å². The predicted octanol–water partition coefficient (Wildman–Crippen LogP) is 2.63. The van der Waals surface area contributed by atoms with Crippen LogP contribution in [0.4, 0.5) is 0 Å². The molecule has 0 heterocycles. The van der Waals surface area contributed by atoms with Gasteiger partial charge in [0.1, 0.15) is 0 Å². The Morgan fingerprint density at radius 2 is 2.11 bits per heavy atom. The average Bonchev–Trinajstić information content (AvgIpc) is 2.27. The Kier molecular flexibility index (Phi) is 5.52. The van der Waals surface area contributed by atoms with Gasteiger partial charge in [-0.05, 0) is 44.0 Å². The molecule has 0 spiro atoms. The molecule has 0 aliphatic rings. The van der Waals surface area contributed by atoms with Crippen molar-refractivity contribution < 1.29 is 14.6 Å². The SMILES string of the molecule is CCOC(=O)CC(N)c1cc(Br)cc(C(C)(C)O)c1. The van der Waals surface area contributed by atoms with Crippen LogP contribution in [-0.2, 0) is 15.1 Å². The molecule has 4 nitrogen and oxygen atoms in total. The molecule has 106 valence electrons. The molecule has 1 aromatic rings. The average molecular weight is 330 g/mol. The van der Waals surface area contributed by atoms with Gasteiger partial charge in [-0.15, -0.1) is 0 Å². The maximum Gasteiger partial charge on any atom is 0.307 e. The summed E-state index contributed by atoms with van der Waals surface area (Å²) in [7, 11) is 0. The lowest BCUT2D eigenvalue weighted by molar-refractivity contribution is -0.143. The Labute approximate surface area is 122 Å². The first-order valence-corrected chi connectivity index (χ1v) is 6.98. The number of carbonyl (C=O) groups excluding carboxylic acids is 1. The van der Waals surface area contributed by atoms with Crippen LogP contribution in [-0.4, -0.2) is 17.7 Å². The molecule has 0 aromatic heterocycles. The van der Waals surface area contributed by atoms with E-state index < -0.39 is 11.6 Å². The fourth-order valence-corrected chi connectivity index (χ4v) is 2.21. The molecule has 0 saturated heterocycles. The highest BCUT2D eigenvalue weighted by Crippen LogP contribution is 2.28. The molecule has 19 heavy (non-hydrogen) atoms. The van der Waals surface area contributed by atoms with Crippen LogP contribution in [0, 0.1) is 0 Å². The van der Waals surface area contributed by atoms with Gasteiger partial charge < -0.3 is 15.6 Å². The highest BCUT2D eigenvalue weighted by atomic mass is 79.9. The van der Waals surface area contributed by atoms with E-state index in [4.69, 9.17) is 10.5 Å². The molecular weight excluding hydrogens is 310 g/mol. The Morgan fingerprint density at radius 3 is 2.63 bits per heavy atom. The van der Waals surface area contributed by atoms with Gasteiger partial charge in [-0.1, -0.05) is 22.0 Å². The number of aliphatic hydroxyl groups is 1. The number of ether oxygens (including phenoxy) is 1. The van der Waals surface area contributed by atoms with Crippen LogP contribution in [0.5, 0.6) is 0 Å². The minimum atomic E-state index is -0.956. The fourth-order valence-electron chi connectivity index (χ4n) is 1.70. The summed E-state index contributed by atoms with van der Waals surface area (Å²) in [6.45, 7) is 5.51. The fraction of sp³-hybridized carbons (Fsp3) is 0.500. The van der Waals surface area contributed by atoms with Gasteiger partial charge in [0.25, 0.3) is 0 Å². The second kappa shape index (κ2) is 6.50. The highest BCUT2D eigenvalue weighted by molar-refractivity contribution is 9.10. The lowest BCUT2D eigenvalue weighted by Gasteiger charge is -2.21. The maximum atomic E-state index is 11.4. The summed E-state index contributed by atoms with van der Waals surface area (Å²) in [5.41, 5.74) is 6.59. The molecule has 1 atom stereocenters. The first-order valence-electron chi connectivity index (χ1n) is 6.18. The molecule has 0 fully saturated rings. The van der Waals surface area contributed by atoms with Gasteiger partial charge >= 0.3 is 5.97 Å². The number of nitrogens with two attached hydrogens (primary N) is 1. The van der Waals surface area contributed by atoms with Gasteiger partial charge in [-0.2, -0.15) is 0 Å². The first kappa shape index (κ1) is 16.1. The minimum absolute atomic E-state index is 0.121. The van der Waals surface area contributed by atoms with Crippen LogP contribution < -0.4 is 5.73 Å². The lowest BCUT2D eigenvalue weighted by atomic mass is 9.94. The minimum Gasteiger partial charge on any atom is -0.466 e. The van der Waals surface area contributed by atoms with Crippen LogP contribution in [0.25, 0.3) is 0 Å². The van der Waals surface area contributed by atoms with Gasteiger partial charge in [-0.25, -0.2) is 0 Å². The number of carbonyl (C=O) groups is 1. The molecule has 1 aromatic carbocycles. The van der Waals surface area contributed by atoms with E-state index in [0.717, 1.165) is 15.6 Å². The second-order valence-corrected chi connectivity index (χ2v) is 5.86. The summed E-state index contributed by atoms with van der Waals surface area (Å²) < 4.78 is 5.70. The van der Waals surface area contributed by atoms with Crippen molar-refractivity contribution in [2.45, 2.75) is 38.8 Å². The molecule has 0 aliphatic heterocycles. The Balaban J connectivity index is 2.94. The molecule has 0 amide bonds. The zero-order chi connectivity index (χ0) is 14.6. The van der Waals surface area contributed by atoms with Crippen molar-refractivity contribution >= 4 is 21.9 Å². The number of halogens is 1. The van der Waals surface area contributed by atoms with Crippen LogP contribution in [0.15, 0.2) is 22.7 Å². The first-order chi connectivity index (χ1) is 8.74. The number of benzene rings is 1. The van der Waals surface area contributed by atoms with E-state index >= 15 is 0 Å². The van der Waals surface area contributed by atoms with Gasteiger partial charge in [0.2, 0.25) is 0 Å². The number of rotatable bonds is 5. The van der Waals surface area contributed by atoms with Crippen molar-refractivity contribution in [1.29, 1.82) is 0 Å². The highest BCUT2D eigenvalue weighted by Gasteiger charge is 2.20. The number of hydrogen-bond donors (Lipinski definition) is 2. The summed E-state index contributed by atoms with van der Waals surface area (Å²) in [5, 5.41) is 10.0. The standard InChI is InChI=1S/C14H20BrNO3/c1-4-19-13(17)8-12(16)9-5-10(14(2,3)18)7-11(15)6-9/h5-7,12,18H,4,8,16H2,1-3H3. The van der Waals surface area contributed by atoms with Crippen molar-refractivity contribution in [3.63, 3.8) is 0 Å². The molecule has 5 heteroatoms. The smallest absolute Gasteiger partial charge is 0.307 e. The quantitative estimate of drug-likeness (QED) is 0.814. The maximum absolute atomic E-state index is 11.4. The van der Waals surface area contributed by atoms with Crippen molar-refractivity contribution in [1.82, 2.24) is 0 Å². The second-order valence-electron chi connectivity index (χ2n) is 4.95. The summed E-state index contributed by atoms with van der Waals surface area (Å²) in [6.07, 6.45) is 0.121. The zero-order valence-electron chi connectivity index (χ0n) is 11.4. The van der Waals surface area contributed by atoms with E-state index in [1.54, 1.807) is 20.8 Å². The Morgan fingerprint density at radius 1 is 1.47 bits per heavy atom. The van der Waals surface area contributed by atoms with Crippen molar-refractivity contribution in [3.8, 4) is 0 Å². The van der Waals surface area contributed by atoms with Crippen LogP contribution in [0.2, 0.25) is 0 Å². The van der Waals surface area contributed by atoms with E-state index in [9.17, 15) is 9.90 Å². The van der Waals surface area contributed by atoms with E-state index in [-0.39, 0.29) is 12.4 Å². The third-order valence-corrected chi connectivity index (χ3v) is 3.20. The Bertz CT molecular complexity index is 454. The monoisotopic (exact) mass is 329 g/mol. The molecule has 1 unspecified atom stereocenters. The van der Waals surface area contributed by atoms with Crippen molar-refractivity contribution in [2.75, 3.05) is 6.61 Å². The van der Waals surface area contributed by atoms with E-state index in [0.29, 0.717) is 6.61 Å². The third kappa shape index (κ3) is 4.93. The van der Waals surface area contributed by atoms with Crippen molar-refractivity contribution in [3.05, 3.63) is 33.8 Å². The summed E-state index contributed by atoms with van der Waals surface area (Å²) >= 11 is 3.39. The van der Waals surface area contributed by atoms with E-state index in [2.05, 4.69) is 15.9 Å². The molecular formula is C14H20BrNO3. The number of hydrogen-bond acceptors (Lipinski definition) is 4. The molecule has 1 rings (SSSR count). The van der Waals surface area contributed by atoms with Crippen LogP contribution in [0.1, 0.15) is 44.4 Å². The summed E-state index contributed by atoms with van der Waals surface area (Å²) in [4.78, 5) is 11.4. The zero-order valence-corrected chi connectivity index (χ0v) is 13.0. The largest absolute Gasteiger partial charge is 0.466 e. The number of esters is 1. The predicted molar refractivity (Wildman–Crippen MR) is 77.6 cm³/mol. The molecule has 3 N–H and O–H groups in total. The van der Waals surface area contributed by atoms with E-state index in [1.807, 2.05) is 18.2 Å². The molecule has 0 radical (unpaired) electrons. The normalized spacial score (nSPS) is 13.2.